The van der Waals surface area contributed by atoms with Gasteiger partial charge in [-0.3, -0.25) is 0 Å². The van der Waals surface area contributed by atoms with Gasteiger partial charge in [0.2, 0.25) is 0 Å². The Morgan fingerprint density at radius 1 is 0.714 bits per heavy atom. The zero-order valence-electron chi connectivity index (χ0n) is 15.9. The maximum absolute atomic E-state index is 12.7. The summed E-state index contributed by atoms with van der Waals surface area (Å²) in [5.41, 5.74) is 1.85. The molecule has 2 heterocycles. The van der Waals surface area contributed by atoms with Crippen molar-refractivity contribution in [3.8, 4) is 11.5 Å². The number of halogens is 3. The van der Waals surface area contributed by atoms with E-state index in [0.717, 1.165) is 11.1 Å². The molecule has 2 fully saturated rings. The fourth-order valence-corrected chi connectivity index (χ4v) is 3.84. The second-order valence-electron chi connectivity index (χ2n) is 7.74. The first kappa shape index (κ1) is 19.3. The third-order valence-corrected chi connectivity index (χ3v) is 5.80. The smallest absolute Gasteiger partial charge is 0.415 e. The molecule has 0 bridgehead atoms. The molecule has 0 aromatic heterocycles. The third-order valence-electron chi connectivity index (χ3n) is 5.80. The van der Waals surface area contributed by atoms with Crippen LogP contribution in [0, 0.1) is 11.8 Å². The Balaban J connectivity index is 1.36. The van der Waals surface area contributed by atoms with Gasteiger partial charge in [0.15, 0.2) is 6.10 Å². The van der Waals surface area contributed by atoms with Crippen molar-refractivity contribution in [2.75, 3.05) is 0 Å². The van der Waals surface area contributed by atoms with Gasteiger partial charge in [-0.2, -0.15) is 13.2 Å². The van der Waals surface area contributed by atoms with Crippen LogP contribution < -0.4 is 4.74 Å². The molecule has 0 amide bonds. The maximum Gasteiger partial charge on any atom is 0.415 e. The molecule has 2 aliphatic heterocycles. The molecule has 6 heteroatoms. The molecule has 3 nitrogen and oxygen atoms in total. The molecule has 2 aromatic rings. The molecule has 6 atom stereocenters. The molecule has 28 heavy (non-hydrogen) atoms. The van der Waals surface area contributed by atoms with Gasteiger partial charge in [0.25, 0.3) is 0 Å². The van der Waals surface area contributed by atoms with Crippen LogP contribution in [0.25, 0.3) is 0 Å². The number of hydrogen-bond acceptors (Lipinski definition) is 3. The van der Waals surface area contributed by atoms with E-state index in [2.05, 4.69) is 13.8 Å². The SMILES string of the molecule is CC1OC(c2ccc(Oc3ccc(C4OC(C(F)(F)F)C4C)cc3)cc2)C1C. The van der Waals surface area contributed by atoms with E-state index in [1.54, 1.807) is 31.2 Å². The maximum atomic E-state index is 12.7. The lowest BCUT2D eigenvalue weighted by Gasteiger charge is -2.43. The Hall–Kier alpha value is -2.05. The Morgan fingerprint density at radius 3 is 1.54 bits per heavy atom. The minimum atomic E-state index is -4.31. The van der Waals surface area contributed by atoms with Crippen LogP contribution in [0.5, 0.6) is 11.5 Å². The summed E-state index contributed by atoms with van der Waals surface area (Å²) in [5.74, 6) is 1.21. The Kier molecular flexibility index (Phi) is 4.88. The molecule has 2 aromatic carbocycles. The molecule has 2 aliphatic rings. The first-order valence-electron chi connectivity index (χ1n) is 9.49. The molecule has 0 aliphatic carbocycles. The van der Waals surface area contributed by atoms with Gasteiger partial charge >= 0.3 is 6.18 Å². The number of rotatable bonds is 4. The van der Waals surface area contributed by atoms with E-state index in [1.165, 1.54) is 0 Å². The summed E-state index contributed by atoms with van der Waals surface area (Å²) in [5, 5.41) is 0. The fourth-order valence-electron chi connectivity index (χ4n) is 3.84. The largest absolute Gasteiger partial charge is 0.457 e. The molecule has 0 saturated carbocycles. The van der Waals surface area contributed by atoms with Crippen molar-refractivity contribution in [3.63, 3.8) is 0 Å². The van der Waals surface area contributed by atoms with E-state index in [0.29, 0.717) is 17.4 Å². The van der Waals surface area contributed by atoms with Crippen LogP contribution in [0.4, 0.5) is 13.2 Å². The molecular formula is C22H23F3O3. The number of ether oxygens (including phenoxy) is 3. The number of alkyl halides is 3. The van der Waals surface area contributed by atoms with Crippen LogP contribution in [-0.4, -0.2) is 18.4 Å². The summed E-state index contributed by atoms with van der Waals surface area (Å²) in [6, 6.07) is 14.8. The van der Waals surface area contributed by atoms with Gasteiger partial charge in [0.05, 0.1) is 18.3 Å². The highest BCUT2D eigenvalue weighted by Gasteiger charge is 2.55. The third kappa shape index (κ3) is 3.51. The van der Waals surface area contributed by atoms with Crippen LogP contribution >= 0.6 is 0 Å². The molecular weight excluding hydrogens is 369 g/mol. The van der Waals surface area contributed by atoms with Gasteiger partial charge in [-0.25, -0.2) is 0 Å². The lowest BCUT2D eigenvalue weighted by Crippen LogP contribution is -2.50. The Bertz CT molecular complexity index is 816. The Morgan fingerprint density at radius 2 is 1.18 bits per heavy atom. The quantitative estimate of drug-likeness (QED) is 0.619. The van der Waals surface area contributed by atoms with Crippen molar-refractivity contribution < 1.29 is 27.4 Å². The van der Waals surface area contributed by atoms with Crippen molar-refractivity contribution in [1.29, 1.82) is 0 Å². The average molecular weight is 392 g/mol. The molecule has 2 saturated heterocycles. The van der Waals surface area contributed by atoms with Crippen LogP contribution in [0.1, 0.15) is 44.1 Å². The van der Waals surface area contributed by atoms with Crippen molar-refractivity contribution in [3.05, 3.63) is 59.7 Å². The van der Waals surface area contributed by atoms with E-state index in [9.17, 15) is 13.2 Å². The minimum Gasteiger partial charge on any atom is -0.457 e. The molecule has 150 valence electrons. The highest BCUT2D eigenvalue weighted by molar-refractivity contribution is 5.36. The van der Waals surface area contributed by atoms with E-state index < -0.39 is 24.3 Å². The van der Waals surface area contributed by atoms with Crippen LogP contribution in [0.15, 0.2) is 48.5 Å². The summed E-state index contributed by atoms with van der Waals surface area (Å²) >= 11 is 0. The van der Waals surface area contributed by atoms with E-state index >= 15 is 0 Å². The van der Waals surface area contributed by atoms with E-state index in [4.69, 9.17) is 14.2 Å². The van der Waals surface area contributed by atoms with Crippen molar-refractivity contribution >= 4 is 0 Å². The van der Waals surface area contributed by atoms with Crippen molar-refractivity contribution in [1.82, 2.24) is 0 Å². The number of benzene rings is 2. The first-order valence-corrected chi connectivity index (χ1v) is 9.49. The van der Waals surface area contributed by atoms with Crippen LogP contribution in [0.2, 0.25) is 0 Å². The molecule has 0 radical (unpaired) electrons. The zero-order valence-corrected chi connectivity index (χ0v) is 15.9. The van der Waals surface area contributed by atoms with Gasteiger partial charge in [0.1, 0.15) is 11.5 Å². The van der Waals surface area contributed by atoms with Crippen LogP contribution in [0.3, 0.4) is 0 Å². The highest BCUT2D eigenvalue weighted by Crippen LogP contribution is 2.47. The van der Waals surface area contributed by atoms with Gasteiger partial charge < -0.3 is 14.2 Å². The molecule has 4 rings (SSSR count). The molecule has 0 N–H and O–H groups in total. The van der Waals surface area contributed by atoms with E-state index in [1.807, 2.05) is 24.3 Å². The zero-order chi connectivity index (χ0) is 20.1. The highest BCUT2D eigenvalue weighted by atomic mass is 19.4. The predicted octanol–water partition coefficient (Wildman–Crippen LogP) is 6.21. The second kappa shape index (κ2) is 7.08. The standard InChI is InChI=1S/C22H23F3O3/c1-12-14(3)26-19(12)15-4-8-17(9-5-15)27-18-10-6-16(7-11-18)20-13(2)21(28-20)22(23,24)25/h4-14,19-21H,1-3H3. The van der Waals surface area contributed by atoms with Gasteiger partial charge in [-0.1, -0.05) is 38.1 Å². The predicted molar refractivity (Wildman–Crippen MR) is 98.2 cm³/mol. The fraction of sp³-hybridized carbons (Fsp3) is 0.455. The summed E-state index contributed by atoms with van der Waals surface area (Å²) < 4.78 is 54.9. The average Bonchev–Trinajstić information content (AvgIpc) is 2.65. The van der Waals surface area contributed by atoms with E-state index in [-0.39, 0.29) is 12.2 Å². The molecule has 6 unspecified atom stereocenters. The minimum absolute atomic E-state index is 0.133. The lowest BCUT2D eigenvalue weighted by molar-refractivity contribution is -0.317. The Labute approximate surface area is 162 Å². The van der Waals surface area contributed by atoms with Crippen molar-refractivity contribution in [2.45, 2.75) is 51.4 Å². The van der Waals surface area contributed by atoms with Gasteiger partial charge in [-0.05, 0) is 42.3 Å². The topological polar surface area (TPSA) is 27.7 Å². The number of hydrogen-bond donors (Lipinski definition) is 0. The summed E-state index contributed by atoms with van der Waals surface area (Å²) in [7, 11) is 0. The summed E-state index contributed by atoms with van der Waals surface area (Å²) in [6.07, 6.45) is -6.11. The summed E-state index contributed by atoms with van der Waals surface area (Å²) in [4.78, 5) is 0. The van der Waals surface area contributed by atoms with Gasteiger partial charge in [0, 0.05) is 11.8 Å². The lowest BCUT2D eigenvalue weighted by atomic mass is 9.86. The van der Waals surface area contributed by atoms with Crippen molar-refractivity contribution in [2.24, 2.45) is 11.8 Å². The summed E-state index contributed by atoms with van der Waals surface area (Å²) in [6.45, 7) is 5.81. The first-order chi connectivity index (χ1) is 13.2. The molecule has 0 spiro atoms. The monoisotopic (exact) mass is 392 g/mol. The second-order valence-corrected chi connectivity index (χ2v) is 7.74. The van der Waals surface area contributed by atoms with Crippen LogP contribution in [-0.2, 0) is 9.47 Å². The normalized spacial score (nSPS) is 32.4. The van der Waals surface area contributed by atoms with Gasteiger partial charge in [-0.15, -0.1) is 0 Å².